The fourth-order valence-electron chi connectivity index (χ4n) is 2.39. The van der Waals surface area contributed by atoms with Gasteiger partial charge in [-0.15, -0.1) is 0 Å². The Kier molecular flexibility index (Phi) is 8.36. The van der Waals surface area contributed by atoms with Crippen LogP contribution in [0.1, 0.15) is 36.2 Å². The van der Waals surface area contributed by atoms with Crippen LogP contribution in [0.15, 0.2) is 59.6 Å². The van der Waals surface area contributed by atoms with Gasteiger partial charge in [0.2, 0.25) is 0 Å². The third-order valence-electron chi connectivity index (χ3n) is 3.85. The first kappa shape index (κ1) is 20.5. The van der Waals surface area contributed by atoms with Crippen LogP contribution in [0.3, 0.4) is 0 Å². The molecule has 0 saturated heterocycles. The normalized spacial score (nSPS) is 11.3. The molecule has 2 aromatic rings. The number of amides is 1. The van der Waals surface area contributed by atoms with Crippen LogP contribution in [0.4, 0.5) is 0 Å². The van der Waals surface area contributed by atoms with E-state index in [0.717, 1.165) is 12.8 Å². The summed E-state index contributed by atoms with van der Waals surface area (Å²) in [5.41, 5.74) is 1.81. The molecule has 0 aromatic heterocycles. The number of aryl methyl sites for hydroxylation is 1. The summed E-state index contributed by atoms with van der Waals surface area (Å²) in [4.78, 5) is 16.9. The van der Waals surface area contributed by atoms with Crippen LogP contribution in [0, 0.1) is 5.92 Å². The first-order valence-corrected chi connectivity index (χ1v) is 9.25. The molecule has 2 rings (SSSR count). The minimum Gasteiger partial charge on any atom is -0.497 e. The largest absolute Gasteiger partial charge is 0.497 e. The van der Waals surface area contributed by atoms with Crippen LogP contribution in [0.25, 0.3) is 0 Å². The smallest absolute Gasteiger partial charge is 0.291 e. The van der Waals surface area contributed by atoms with Gasteiger partial charge < -0.3 is 9.47 Å². The minimum atomic E-state index is -0.247. The topological polar surface area (TPSA) is 59.9 Å². The van der Waals surface area contributed by atoms with E-state index in [1.807, 2.05) is 18.2 Å². The number of methoxy groups -OCH3 is 1. The molecule has 0 aliphatic carbocycles. The standard InChI is InChI=1S/C22H28N2O3/c1-17(2)16-27-22(23-15-7-10-18-8-5-4-6-9-18)24-21(25)19-11-13-20(26-3)14-12-19/h4-6,8-9,11-14,17H,7,10,15-16H2,1-3H3,(H,23,24,25). The first-order chi connectivity index (χ1) is 13.1. The number of nitrogens with one attached hydrogen (secondary N) is 1. The minimum absolute atomic E-state index is 0.247. The number of nitrogens with zero attached hydrogens (tertiary/aromatic N) is 1. The van der Waals surface area contributed by atoms with E-state index < -0.39 is 0 Å². The van der Waals surface area contributed by atoms with E-state index in [1.54, 1.807) is 31.4 Å². The number of aliphatic imine (C=N–C) groups is 1. The summed E-state index contributed by atoms with van der Waals surface area (Å²) in [5, 5.41) is 2.77. The molecule has 0 aliphatic rings. The van der Waals surface area contributed by atoms with Gasteiger partial charge in [0, 0.05) is 12.1 Å². The van der Waals surface area contributed by atoms with Crippen molar-refractivity contribution in [2.24, 2.45) is 10.9 Å². The van der Waals surface area contributed by atoms with E-state index in [0.29, 0.717) is 30.4 Å². The number of amidine groups is 1. The van der Waals surface area contributed by atoms with Crippen molar-refractivity contribution in [3.05, 3.63) is 65.7 Å². The van der Waals surface area contributed by atoms with Crippen LogP contribution in [-0.2, 0) is 11.2 Å². The van der Waals surface area contributed by atoms with Crippen molar-refractivity contribution in [3.63, 3.8) is 0 Å². The molecule has 1 N–H and O–H groups in total. The van der Waals surface area contributed by atoms with Crippen molar-refractivity contribution < 1.29 is 14.3 Å². The van der Waals surface area contributed by atoms with Gasteiger partial charge in [-0.05, 0) is 48.6 Å². The number of hydrogen-bond donors (Lipinski definition) is 1. The Labute approximate surface area is 161 Å². The number of benzene rings is 2. The van der Waals surface area contributed by atoms with Crippen LogP contribution in [0.2, 0.25) is 0 Å². The molecule has 5 nitrogen and oxygen atoms in total. The van der Waals surface area contributed by atoms with Gasteiger partial charge in [-0.1, -0.05) is 44.2 Å². The summed E-state index contributed by atoms with van der Waals surface area (Å²) in [7, 11) is 1.59. The second kappa shape index (κ2) is 11.0. The zero-order valence-electron chi connectivity index (χ0n) is 16.3. The van der Waals surface area contributed by atoms with Crippen molar-refractivity contribution in [2.45, 2.75) is 26.7 Å². The molecule has 0 fully saturated rings. The van der Waals surface area contributed by atoms with Crippen molar-refractivity contribution in [2.75, 3.05) is 20.3 Å². The molecule has 27 heavy (non-hydrogen) atoms. The highest BCUT2D eigenvalue weighted by atomic mass is 16.5. The van der Waals surface area contributed by atoms with Crippen molar-refractivity contribution in [1.29, 1.82) is 0 Å². The second-order valence-electron chi connectivity index (χ2n) is 6.66. The van der Waals surface area contributed by atoms with E-state index in [1.165, 1.54) is 5.56 Å². The Morgan fingerprint density at radius 2 is 1.78 bits per heavy atom. The number of carbonyl (C=O) groups excluding carboxylic acids is 1. The number of ether oxygens (including phenoxy) is 2. The van der Waals surface area contributed by atoms with E-state index in [9.17, 15) is 4.79 Å². The van der Waals surface area contributed by atoms with Gasteiger partial charge in [0.05, 0.1) is 13.7 Å². The highest BCUT2D eigenvalue weighted by Crippen LogP contribution is 2.11. The summed E-state index contributed by atoms with van der Waals surface area (Å²) in [6.45, 7) is 5.20. The van der Waals surface area contributed by atoms with Gasteiger partial charge in [0.15, 0.2) is 0 Å². The molecule has 0 radical (unpaired) electrons. The van der Waals surface area contributed by atoms with E-state index in [2.05, 4.69) is 36.3 Å². The third-order valence-corrected chi connectivity index (χ3v) is 3.85. The molecular formula is C22H28N2O3. The number of carbonyl (C=O) groups is 1. The lowest BCUT2D eigenvalue weighted by Crippen LogP contribution is -2.33. The number of rotatable bonds is 8. The van der Waals surface area contributed by atoms with Gasteiger partial charge in [0.1, 0.15) is 5.75 Å². The van der Waals surface area contributed by atoms with Gasteiger partial charge >= 0.3 is 0 Å². The molecule has 1 amide bonds. The SMILES string of the molecule is COc1ccc(C(=O)NC(=NCCCc2ccccc2)OCC(C)C)cc1. The zero-order chi connectivity index (χ0) is 19.5. The second-order valence-corrected chi connectivity index (χ2v) is 6.66. The summed E-state index contributed by atoms with van der Waals surface area (Å²) < 4.78 is 10.8. The van der Waals surface area contributed by atoms with Crippen LogP contribution < -0.4 is 10.1 Å². The molecule has 0 atom stereocenters. The van der Waals surface area contributed by atoms with Gasteiger partial charge in [-0.3, -0.25) is 10.1 Å². The average molecular weight is 368 g/mol. The molecule has 0 spiro atoms. The predicted molar refractivity (Wildman–Crippen MR) is 108 cm³/mol. The predicted octanol–water partition coefficient (Wildman–Crippen LogP) is 4.09. The third kappa shape index (κ3) is 7.52. The van der Waals surface area contributed by atoms with E-state index in [4.69, 9.17) is 9.47 Å². The monoisotopic (exact) mass is 368 g/mol. The highest BCUT2D eigenvalue weighted by molar-refractivity contribution is 6.04. The molecule has 144 valence electrons. The molecular weight excluding hydrogens is 340 g/mol. The lowest BCUT2D eigenvalue weighted by atomic mass is 10.1. The summed E-state index contributed by atoms with van der Waals surface area (Å²) in [5.74, 6) is 0.804. The van der Waals surface area contributed by atoms with Crippen LogP contribution in [0.5, 0.6) is 5.75 Å². The molecule has 5 heteroatoms. The molecule has 0 bridgehead atoms. The summed E-state index contributed by atoms with van der Waals surface area (Å²) in [6, 6.07) is 17.5. The van der Waals surface area contributed by atoms with E-state index >= 15 is 0 Å². The maximum Gasteiger partial charge on any atom is 0.291 e. The number of hydrogen-bond acceptors (Lipinski definition) is 4. The quantitative estimate of drug-likeness (QED) is 0.434. The van der Waals surface area contributed by atoms with Crippen molar-refractivity contribution in [3.8, 4) is 5.75 Å². The van der Waals surface area contributed by atoms with Crippen LogP contribution >= 0.6 is 0 Å². The van der Waals surface area contributed by atoms with E-state index in [-0.39, 0.29) is 11.9 Å². The maximum atomic E-state index is 12.4. The first-order valence-electron chi connectivity index (χ1n) is 9.25. The fraction of sp³-hybridized carbons (Fsp3) is 0.364. The lowest BCUT2D eigenvalue weighted by molar-refractivity contribution is 0.0963. The highest BCUT2D eigenvalue weighted by Gasteiger charge is 2.11. The fourth-order valence-corrected chi connectivity index (χ4v) is 2.39. The Morgan fingerprint density at radius 3 is 2.41 bits per heavy atom. The molecule has 0 saturated carbocycles. The molecule has 0 unspecified atom stereocenters. The average Bonchev–Trinajstić information content (AvgIpc) is 2.69. The summed E-state index contributed by atoms with van der Waals surface area (Å²) >= 11 is 0. The molecule has 2 aromatic carbocycles. The maximum absolute atomic E-state index is 12.4. The lowest BCUT2D eigenvalue weighted by Gasteiger charge is -2.13. The molecule has 0 heterocycles. The van der Waals surface area contributed by atoms with Crippen molar-refractivity contribution >= 4 is 11.9 Å². The van der Waals surface area contributed by atoms with Crippen molar-refractivity contribution in [1.82, 2.24) is 5.32 Å². The zero-order valence-corrected chi connectivity index (χ0v) is 16.3. The van der Waals surface area contributed by atoms with Gasteiger partial charge in [-0.25, -0.2) is 4.99 Å². The Hall–Kier alpha value is -2.82. The van der Waals surface area contributed by atoms with Crippen LogP contribution in [-0.4, -0.2) is 32.2 Å². The van der Waals surface area contributed by atoms with Gasteiger partial charge in [-0.2, -0.15) is 0 Å². The Bertz CT molecular complexity index is 725. The summed E-state index contributed by atoms with van der Waals surface area (Å²) in [6.07, 6.45) is 1.82. The Balaban J connectivity index is 1.93. The van der Waals surface area contributed by atoms with Gasteiger partial charge in [0.25, 0.3) is 11.9 Å². The molecule has 0 aliphatic heterocycles. The Morgan fingerprint density at radius 1 is 1.07 bits per heavy atom.